The van der Waals surface area contributed by atoms with E-state index in [1.165, 1.54) is 0 Å². The number of hydrogen-bond acceptors (Lipinski definition) is 6. The van der Waals surface area contributed by atoms with Crippen LogP contribution in [0.5, 0.6) is 0 Å². The van der Waals surface area contributed by atoms with E-state index in [0.717, 1.165) is 34.1 Å². The van der Waals surface area contributed by atoms with Crippen LogP contribution >= 0.6 is 0 Å². The van der Waals surface area contributed by atoms with Gasteiger partial charge in [0.15, 0.2) is 0 Å². The van der Waals surface area contributed by atoms with Crippen molar-refractivity contribution in [2.75, 3.05) is 37.1 Å². The summed E-state index contributed by atoms with van der Waals surface area (Å²) in [5.74, 6) is 0.281. The fourth-order valence-corrected chi connectivity index (χ4v) is 3.62. The van der Waals surface area contributed by atoms with Gasteiger partial charge in [0, 0.05) is 41.1 Å². The highest BCUT2D eigenvalue weighted by molar-refractivity contribution is 5.67. The summed E-state index contributed by atoms with van der Waals surface area (Å²) < 4.78 is 11.4. The highest BCUT2D eigenvalue weighted by Gasteiger charge is 2.02. The molecule has 0 radical (unpaired) electrons. The summed E-state index contributed by atoms with van der Waals surface area (Å²) in [7, 11) is 0. The Morgan fingerprint density at radius 3 is 1.32 bits per heavy atom. The Kier molecular flexibility index (Phi) is 10.6. The lowest BCUT2D eigenvalue weighted by molar-refractivity contribution is 0.0748. The molecule has 0 amide bonds. The number of benzene rings is 4. The SMILES string of the molecule is CC(COCC=Nc1ccc(Nc2ccccc2)cc1)COCC=Nc1ccc(Nc2ccccc2)cc1. The summed E-state index contributed by atoms with van der Waals surface area (Å²) in [5.41, 5.74) is 5.96. The maximum absolute atomic E-state index is 5.72. The molecule has 4 aromatic rings. The van der Waals surface area contributed by atoms with Gasteiger partial charge in [-0.15, -0.1) is 0 Å². The fourth-order valence-electron chi connectivity index (χ4n) is 3.62. The number of ether oxygens (including phenoxy) is 2. The zero-order valence-electron chi connectivity index (χ0n) is 21.7. The first-order valence-corrected chi connectivity index (χ1v) is 12.8. The molecule has 0 aromatic heterocycles. The molecule has 0 unspecified atom stereocenters. The van der Waals surface area contributed by atoms with Gasteiger partial charge in [0.05, 0.1) is 37.8 Å². The molecule has 38 heavy (non-hydrogen) atoms. The molecule has 0 saturated heterocycles. The molecule has 4 aromatic carbocycles. The summed E-state index contributed by atoms with van der Waals surface area (Å²) in [6.07, 6.45) is 3.58. The van der Waals surface area contributed by atoms with Crippen molar-refractivity contribution in [1.29, 1.82) is 0 Å². The molecular weight excluding hydrogens is 472 g/mol. The summed E-state index contributed by atoms with van der Waals surface area (Å²) in [6.45, 7) is 4.25. The van der Waals surface area contributed by atoms with Crippen molar-refractivity contribution in [3.05, 3.63) is 109 Å². The van der Waals surface area contributed by atoms with Gasteiger partial charge in [0.25, 0.3) is 0 Å². The zero-order valence-corrected chi connectivity index (χ0v) is 21.7. The van der Waals surface area contributed by atoms with Crippen molar-refractivity contribution in [2.45, 2.75) is 6.92 Å². The fraction of sp³-hybridized carbons (Fsp3) is 0.188. The normalized spacial score (nSPS) is 12.1. The van der Waals surface area contributed by atoms with Crippen LogP contribution in [0.3, 0.4) is 0 Å². The second-order valence-electron chi connectivity index (χ2n) is 8.88. The molecule has 2 N–H and O–H groups in total. The van der Waals surface area contributed by atoms with Crippen molar-refractivity contribution in [1.82, 2.24) is 0 Å². The first kappa shape index (κ1) is 26.8. The minimum absolute atomic E-state index is 0.281. The topological polar surface area (TPSA) is 67.2 Å². The maximum atomic E-state index is 5.72. The summed E-state index contributed by atoms with van der Waals surface area (Å²) in [4.78, 5) is 8.92. The van der Waals surface area contributed by atoms with Crippen molar-refractivity contribution in [3.63, 3.8) is 0 Å². The molecule has 0 bridgehead atoms. The van der Waals surface area contributed by atoms with Gasteiger partial charge in [-0.1, -0.05) is 43.3 Å². The Morgan fingerprint density at radius 1 is 0.553 bits per heavy atom. The number of nitrogens with zero attached hydrogens (tertiary/aromatic N) is 2. The lowest BCUT2D eigenvalue weighted by atomic mass is 10.2. The smallest absolute Gasteiger partial charge is 0.0819 e. The number of anilines is 4. The number of para-hydroxylation sites is 2. The molecule has 0 aliphatic heterocycles. The van der Waals surface area contributed by atoms with Crippen LogP contribution in [-0.4, -0.2) is 38.9 Å². The van der Waals surface area contributed by atoms with Crippen LogP contribution in [-0.2, 0) is 9.47 Å². The van der Waals surface area contributed by atoms with E-state index in [0.29, 0.717) is 26.4 Å². The van der Waals surface area contributed by atoms with E-state index < -0.39 is 0 Å². The largest absolute Gasteiger partial charge is 0.375 e. The second-order valence-corrected chi connectivity index (χ2v) is 8.88. The van der Waals surface area contributed by atoms with Crippen LogP contribution in [0.15, 0.2) is 119 Å². The molecule has 0 heterocycles. The molecule has 0 atom stereocenters. The van der Waals surface area contributed by atoms with E-state index in [4.69, 9.17) is 9.47 Å². The molecule has 0 aliphatic rings. The number of hydrogen-bond donors (Lipinski definition) is 2. The molecule has 6 heteroatoms. The van der Waals surface area contributed by atoms with Gasteiger partial charge in [-0.3, -0.25) is 9.98 Å². The molecular formula is C32H34N4O2. The monoisotopic (exact) mass is 506 g/mol. The van der Waals surface area contributed by atoms with Crippen molar-refractivity contribution >= 4 is 46.6 Å². The summed E-state index contributed by atoms with van der Waals surface area (Å²) in [6, 6.07) is 36.2. The molecule has 0 spiro atoms. The van der Waals surface area contributed by atoms with Gasteiger partial charge < -0.3 is 20.1 Å². The predicted molar refractivity (Wildman–Crippen MR) is 159 cm³/mol. The molecule has 6 nitrogen and oxygen atoms in total. The quantitative estimate of drug-likeness (QED) is 0.135. The highest BCUT2D eigenvalue weighted by atomic mass is 16.5. The second kappa shape index (κ2) is 15.1. The summed E-state index contributed by atoms with van der Waals surface area (Å²) >= 11 is 0. The Bertz CT molecular complexity index is 1160. The average Bonchev–Trinajstić information content (AvgIpc) is 2.95. The van der Waals surface area contributed by atoms with Crippen molar-refractivity contribution < 1.29 is 9.47 Å². The van der Waals surface area contributed by atoms with E-state index in [-0.39, 0.29) is 5.92 Å². The molecule has 0 saturated carbocycles. The number of rotatable bonds is 14. The molecule has 0 fully saturated rings. The van der Waals surface area contributed by atoms with Gasteiger partial charge in [0.2, 0.25) is 0 Å². The average molecular weight is 507 g/mol. The van der Waals surface area contributed by atoms with Crippen LogP contribution in [0, 0.1) is 5.92 Å². The lowest BCUT2D eigenvalue weighted by Crippen LogP contribution is -2.14. The van der Waals surface area contributed by atoms with E-state index in [1.54, 1.807) is 12.4 Å². The van der Waals surface area contributed by atoms with Gasteiger partial charge >= 0.3 is 0 Å². The summed E-state index contributed by atoms with van der Waals surface area (Å²) in [5, 5.41) is 6.73. The van der Waals surface area contributed by atoms with E-state index in [1.807, 2.05) is 109 Å². The van der Waals surface area contributed by atoms with Crippen LogP contribution in [0.2, 0.25) is 0 Å². The minimum atomic E-state index is 0.281. The molecule has 4 rings (SSSR count). The van der Waals surface area contributed by atoms with Gasteiger partial charge in [-0.25, -0.2) is 0 Å². The van der Waals surface area contributed by atoms with E-state index >= 15 is 0 Å². The van der Waals surface area contributed by atoms with Crippen molar-refractivity contribution in [2.24, 2.45) is 15.9 Å². The van der Waals surface area contributed by atoms with Gasteiger partial charge in [-0.05, 0) is 72.8 Å². The maximum Gasteiger partial charge on any atom is 0.0819 e. The first-order chi connectivity index (χ1) is 18.7. The third-order valence-electron chi connectivity index (χ3n) is 5.53. The molecule has 0 aliphatic carbocycles. The lowest BCUT2D eigenvalue weighted by Gasteiger charge is -2.10. The minimum Gasteiger partial charge on any atom is -0.375 e. The van der Waals surface area contributed by atoms with Crippen LogP contribution in [0.4, 0.5) is 34.1 Å². The van der Waals surface area contributed by atoms with Gasteiger partial charge in [0.1, 0.15) is 0 Å². The Labute approximate surface area is 225 Å². The predicted octanol–water partition coefficient (Wildman–Crippen LogP) is 7.95. The Hall–Kier alpha value is -4.26. The number of nitrogens with one attached hydrogen (secondary N) is 2. The van der Waals surface area contributed by atoms with Crippen LogP contribution < -0.4 is 10.6 Å². The third-order valence-corrected chi connectivity index (χ3v) is 5.53. The highest BCUT2D eigenvalue weighted by Crippen LogP contribution is 2.21. The Balaban J connectivity index is 1.06. The number of aliphatic imine (C=N–C) groups is 2. The van der Waals surface area contributed by atoms with Gasteiger partial charge in [-0.2, -0.15) is 0 Å². The van der Waals surface area contributed by atoms with Crippen LogP contribution in [0.1, 0.15) is 6.92 Å². The van der Waals surface area contributed by atoms with Crippen LogP contribution in [0.25, 0.3) is 0 Å². The Morgan fingerprint density at radius 2 is 0.921 bits per heavy atom. The zero-order chi connectivity index (χ0) is 26.3. The van der Waals surface area contributed by atoms with E-state index in [2.05, 4.69) is 27.5 Å². The van der Waals surface area contributed by atoms with E-state index in [9.17, 15) is 0 Å². The molecule has 194 valence electrons. The third kappa shape index (κ3) is 9.65. The standard InChI is InChI=1S/C32H34N4O2/c1-26(24-37-22-20-33-27-12-16-31(17-13-27)35-29-8-4-2-5-9-29)25-38-23-21-34-28-14-18-32(19-15-28)36-30-10-6-3-7-11-30/h2-21,26,35-36H,22-25H2,1H3. The van der Waals surface area contributed by atoms with Crippen molar-refractivity contribution in [3.8, 4) is 0 Å². The first-order valence-electron chi connectivity index (χ1n) is 12.8.